The van der Waals surface area contributed by atoms with Crippen molar-refractivity contribution in [1.29, 1.82) is 0 Å². The molecule has 0 fully saturated rings. The molecule has 6 heteroatoms. The first-order valence-corrected chi connectivity index (χ1v) is 6.38. The summed E-state index contributed by atoms with van der Waals surface area (Å²) in [5.74, 6) is 0.238. The van der Waals surface area contributed by atoms with Crippen molar-refractivity contribution in [3.8, 4) is 0 Å². The van der Waals surface area contributed by atoms with Gasteiger partial charge in [-0.05, 0) is 20.8 Å². The number of ether oxygens (including phenoxy) is 1. The van der Waals surface area contributed by atoms with Crippen LogP contribution in [0, 0.1) is 0 Å². The molecular weight excluding hydrogens is 219 g/mol. The van der Waals surface area contributed by atoms with Crippen molar-refractivity contribution in [2.24, 2.45) is 0 Å². The lowest BCUT2D eigenvalue weighted by Crippen LogP contribution is -2.04. The van der Waals surface area contributed by atoms with Crippen LogP contribution in [0.3, 0.4) is 0 Å². The van der Waals surface area contributed by atoms with Crippen molar-refractivity contribution in [3.63, 3.8) is 0 Å². The van der Waals surface area contributed by atoms with Gasteiger partial charge < -0.3 is 9.26 Å². The fourth-order valence-electron chi connectivity index (χ4n) is 0.807. The van der Waals surface area contributed by atoms with E-state index in [2.05, 4.69) is 6.58 Å². The molecule has 0 saturated carbocycles. The Kier molecular flexibility index (Phi) is 7.70. The van der Waals surface area contributed by atoms with E-state index in [1.807, 2.05) is 6.92 Å². The average molecular weight is 238 g/mol. The summed E-state index contributed by atoms with van der Waals surface area (Å²) < 4.78 is 31.7. The monoisotopic (exact) mass is 238 g/mol. The number of rotatable bonds is 9. The van der Waals surface area contributed by atoms with E-state index in [1.54, 1.807) is 13.8 Å². The highest BCUT2D eigenvalue weighted by molar-refractivity contribution is 7.48. The molecule has 15 heavy (non-hydrogen) atoms. The Morgan fingerprint density at radius 2 is 1.67 bits per heavy atom. The molecule has 0 radical (unpaired) electrons. The van der Waals surface area contributed by atoms with Crippen LogP contribution in [-0.2, 0) is 22.9 Å². The van der Waals surface area contributed by atoms with Gasteiger partial charge in [0, 0.05) is 6.61 Å². The van der Waals surface area contributed by atoms with Crippen molar-refractivity contribution < 1.29 is 22.9 Å². The summed E-state index contributed by atoms with van der Waals surface area (Å²) in [6.45, 7) is 10.0. The molecule has 0 aromatic heterocycles. The van der Waals surface area contributed by atoms with Crippen LogP contribution in [0.1, 0.15) is 20.8 Å². The van der Waals surface area contributed by atoms with E-state index in [1.165, 1.54) is 0 Å². The van der Waals surface area contributed by atoms with E-state index in [0.29, 0.717) is 6.61 Å². The highest BCUT2D eigenvalue weighted by Crippen LogP contribution is 2.50. The first-order valence-electron chi connectivity index (χ1n) is 4.92. The Balaban J connectivity index is 4.15. The van der Waals surface area contributed by atoms with Crippen molar-refractivity contribution in [3.05, 3.63) is 12.3 Å². The van der Waals surface area contributed by atoms with Gasteiger partial charge in [0.1, 0.15) is 12.4 Å². The predicted octanol–water partition coefficient (Wildman–Crippen LogP) is 2.73. The first kappa shape index (κ1) is 14.6. The van der Waals surface area contributed by atoms with E-state index >= 15 is 0 Å². The van der Waals surface area contributed by atoms with Crippen LogP contribution in [0.15, 0.2) is 12.3 Å². The SMILES string of the molecule is C=C(COCC)OP(=O)(OCC)OCC. The van der Waals surface area contributed by atoms with Crippen molar-refractivity contribution in [2.75, 3.05) is 26.4 Å². The minimum Gasteiger partial charge on any atom is -0.407 e. The molecule has 5 nitrogen and oxygen atoms in total. The third-order valence-corrected chi connectivity index (χ3v) is 2.91. The van der Waals surface area contributed by atoms with Gasteiger partial charge in [-0.3, -0.25) is 9.05 Å². The number of phosphoric acid groups is 1. The van der Waals surface area contributed by atoms with Crippen LogP contribution in [-0.4, -0.2) is 26.4 Å². The molecule has 0 amide bonds. The molecule has 0 N–H and O–H groups in total. The van der Waals surface area contributed by atoms with Crippen LogP contribution in [0.2, 0.25) is 0 Å². The van der Waals surface area contributed by atoms with Gasteiger partial charge in [-0.1, -0.05) is 6.58 Å². The van der Waals surface area contributed by atoms with Gasteiger partial charge in [-0.25, -0.2) is 4.57 Å². The third-order valence-electron chi connectivity index (χ3n) is 1.28. The molecule has 0 atom stereocenters. The fraction of sp³-hybridized carbons (Fsp3) is 0.778. The molecule has 0 aliphatic heterocycles. The minimum atomic E-state index is -3.50. The summed E-state index contributed by atoms with van der Waals surface area (Å²) in [6.07, 6.45) is 0. The summed E-state index contributed by atoms with van der Waals surface area (Å²) >= 11 is 0. The zero-order valence-corrected chi connectivity index (χ0v) is 10.4. The van der Waals surface area contributed by atoms with E-state index in [-0.39, 0.29) is 25.6 Å². The fourth-order valence-corrected chi connectivity index (χ4v) is 1.99. The van der Waals surface area contributed by atoms with Crippen LogP contribution >= 0.6 is 7.82 Å². The lowest BCUT2D eigenvalue weighted by atomic mass is 10.6. The van der Waals surface area contributed by atoms with Gasteiger partial charge in [0.25, 0.3) is 0 Å². The Hall–Kier alpha value is -0.350. The molecule has 0 aromatic rings. The molecular formula is C9H19O5P. The van der Waals surface area contributed by atoms with Crippen molar-refractivity contribution in [2.45, 2.75) is 20.8 Å². The Labute approximate surface area is 91.0 Å². The van der Waals surface area contributed by atoms with E-state index < -0.39 is 7.82 Å². The van der Waals surface area contributed by atoms with Crippen molar-refractivity contribution >= 4 is 7.82 Å². The number of hydrogen-bond donors (Lipinski definition) is 0. The highest BCUT2D eigenvalue weighted by atomic mass is 31.2. The third kappa shape index (κ3) is 6.68. The highest BCUT2D eigenvalue weighted by Gasteiger charge is 2.27. The molecule has 0 heterocycles. The normalized spacial score (nSPS) is 11.4. The summed E-state index contributed by atoms with van der Waals surface area (Å²) in [5, 5.41) is 0. The quantitative estimate of drug-likeness (QED) is 0.456. The molecule has 90 valence electrons. The second-order valence-corrected chi connectivity index (χ2v) is 4.14. The molecule has 0 spiro atoms. The molecule has 0 aromatic carbocycles. The van der Waals surface area contributed by atoms with E-state index in [4.69, 9.17) is 18.3 Å². The van der Waals surface area contributed by atoms with Gasteiger partial charge in [0.15, 0.2) is 0 Å². The van der Waals surface area contributed by atoms with Gasteiger partial charge >= 0.3 is 7.82 Å². The van der Waals surface area contributed by atoms with Gasteiger partial charge in [0.05, 0.1) is 13.2 Å². The summed E-state index contributed by atoms with van der Waals surface area (Å²) in [6, 6.07) is 0. The van der Waals surface area contributed by atoms with Crippen LogP contribution in [0.5, 0.6) is 0 Å². The molecule has 0 bridgehead atoms. The Morgan fingerprint density at radius 3 is 2.07 bits per heavy atom. The maximum atomic E-state index is 11.8. The average Bonchev–Trinajstić information content (AvgIpc) is 2.15. The number of hydrogen-bond acceptors (Lipinski definition) is 5. The maximum absolute atomic E-state index is 11.8. The molecule has 0 unspecified atom stereocenters. The van der Waals surface area contributed by atoms with Gasteiger partial charge in [-0.2, -0.15) is 0 Å². The summed E-state index contributed by atoms with van der Waals surface area (Å²) in [7, 11) is -3.50. The predicted molar refractivity (Wildman–Crippen MR) is 57.6 cm³/mol. The number of phosphoric ester groups is 1. The molecule has 0 rings (SSSR count). The van der Waals surface area contributed by atoms with Crippen LogP contribution < -0.4 is 0 Å². The summed E-state index contributed by atoms with van der Waals surface area (Å²) in [4.78, 5) is 0. The lowest BCUT2D eigenvalue weighted by molar-refractivity contribution is 0.108. The second kappa shape index (κ2) is 7.88. The van der Waals surface area contributed by atoms with Gasteiger partial charge in [0.2, 0.25) is 0 Å². The van der Waals surface area contributed by atoms with Gasteiger partial charge in [-0.15, -0.1) is 0 Å². The molecule has 0 saturated heterocycles. The Morgan fingerprint density at radius 1 is 1.13 bits per heavy atom. The van der Waals surface area contributed by atoms with Crippen LogP contribution in [0.25, 0.3) is 0 Å². The zero-order chi connectivity index (χ0) is 11.7. The zero-order valence-electron chi connectivity index (χ0n) is 9.52. The second-order valence-electron chi connectivity index (χ2n) is 2.55. The van der Waals surface area contributed by atoms with Crippen molar-refractivity contribution in [1.82, 2.24) is 0 Å². The topological polar surface area (TPSA) is 54.0 Å². The van der Waals surface area contributed by atoms with E-state index in [0.717, 1.165) is 0 Å². The molecule has 0 aliphatic rings. The maximum Gasteiger partial charge on any atom is 0.529 e. The lowest BCUT2D eigenvalue weighted by Gasteiger charge is -2.18. The largest absolute Gasteiger partial charge is 0.529 e. The molecule has 0 aliphatic carbocycles. The smallest absolute Gasteiger partial charge is 0.407 e. The minimum absolute atomic E-state index is 0.181. The summed E-state index contributed by atoms with van der Waals surface area (Å²) in [5.41, 5.74) is 0. The first-order chi connectivity index (χ1) is 7.08. The Bertz CT molecular complexity index is 219. The van der Waals surface area contributed by atoms with Crippen LogP contribution in [0.4, 0.5) is 0 Å². The standard InChI is InChI=1S/C9H19O5P/c1-5-11-8-9(4)14-15(10,12-6-2)13-7-3/h4-8H2,1-3H3. The van der Waals surface area contributed by atoms with E-state index in [9.17, 15) is 4.57 Å².